The zero-order valence-electron chi connectivity index (χ0n) is 69.6. The van der Waals surface area contributed by atoms with Gasteiger partial charge in [-0.2, -0.15) is 0 Å². The number of fused-ring (bicyclic) bond motifs is 4. The maximum atomic E-state index is 16.3. The lowest BCUT2D eigenvalue weighted by Gasteiger charge is -2.40. The molecule has 672 valence electrons. The van der Waals surface area contributed by atoms with Crippen molar-refractivity contribution in [3.05, 3.63) is 160 Å². The first kappa shape index (κ1) is 85.6. The summed E-state index contributed by atoms with van der Waals surface area (Å²) >= 11 is 0. The van der Waals surface area contributed by atoms with Gasteiger partial charge in [0.1, 0.15) is 45.5 Å². The number of nitrogens with one attached hydrogen (secondary N) is 12. The van der Waals surface area contributed by atoms with E-state index < -0.39 is 91.1 Å². The van der Waals surface area contributed by atoms with Gasteiger partial charge in [0.25, 0.3) is 0 Å². The molecule has 44 heteroatoms. The molecule has 0 atom stereocenters. The monoisotopic (exact) mass is 1760 g/mol. The van der Waals surface area contributed by atoms with Crippen molar-refractivity contribution in [2.45, 2.75) is 75.5 Å². The van der Waals surface area contributed by atoms with E-state index in [0.717, 1.165) is 75.6 Å². The van der Waals surface area contributed by atoms with Crippen LogP contribution in [0.1, 0.15) is 117 Å². The van der Waals surface area contributed by atoms with Crippen LogP contribution in [0.25, 0.3) is 43.6 Å². The molecule has 17 rings (SSSR count). The molecular weight excluding hydrogens is 1670 g/mol. The molecule has 0 unspecified atom stereocenters. The lowest BCUT2D eigenvalue weighted by molar-refractivity contribution is 0.0684. The molecule has 9 aliphatic rings. The number of benzene rings is 4. The standard InChI is InChI=1S/C84H96F4N28O12/c85-57-33-49-61(113(45-1-2-45)41-53(69(49)117)73(121)122)37-65(57)101-9-17-105(18-10-101)77(89)97-81(93)109-25-27-110(82(94)98-78(90)106-19-11-102(12-20-106)66-38-62-50(34-58(66)86)70(118)54(74(123)124)42-114(62)46-3-4-46)29-31-112(84(96)100-80(92)108-23-15-104(16-24-108)68-40-64-52(36-60(68)88)72(120)56(76(127)128)44-116(64)48-7-8-48)32-30-111(28-26-109)83(95)99-79(91)107-21-13-103(14-22-107)67-39-63-51(35-59(67)87)71(119)55(75(125)126)43-115(63)47-5-6-47/h33-48H,1-32H2,(H,121,122)(H,123,124)(H,125,126)(H,127,128)(H3,89,93,97)(H3,90,94,98)(H3,91,95,99)(H3,92,96,100). The summed E-state index contributed by atoms with van der Waals surface area (Å²) in [6.07, 6.45) is 11.2. The number of nitrogens with zero attached hydrogens (tertiary/aromatic N) is 16. The van der Waals surface area contributed by atoms with E-state index in [4.69, 9.17) is 0 Å². The Morgan fingerprint density at radius 1 is 0.258 bits per heavy atom. The molecule has 4 aromatic carbocycles. The van der Waals surface area contributed by atoms with Crippen molar-refractivity contribution in [3.63, 3.8) is 0 Å². The van der Waals surface area contributed by atoms with Crippen molar-refractivity contribution in [2.24, 2.45) is 0 Å². The van der Waals surface area contributed by atoms with Crippen LogP contribution < -0.4 is 62.6 Å². The average molecular weight is 1770 g/mol. The number of anilines is 4. The number of guanidine groups is 8. The minimum Gasteiger partial charge on any atom is -0.477 e. The second kappa shape index (κ2) is 34.4. The molecule has 4 saturated carbocycles. The van der Waals surface area contributed by atoms with Gasteiger partial charge in [0.15, 0.2) is 47.7 Å². The minimum atomic E-state index is -1.42. The summed E-state index contributed by atoms with van der Waals surface area (Å²) in [5.41, 5.74) is -2.86. The number of hydrogen-bond acceptors (Lipinski definition) is 20. The summed E-state index contributed by atoms with van der Waals surface area (Å²) in [6.45, 7) is 1.98. The smallest absolute Gasteiger partial charge is 0.341 e. The van der Waals surface area contributed by atoms with Crippen LogP contribution in [0.4, 0.5) is 40.3 Å². The van der Waals surface area contributed by atoms with Crippen molar-refractivity contribution in [2.75, 3.05) is 177 Å². The summed E-state index contributed by atoms with van der Waals surface area (Å²) in [7, 11) is 0. The van der Waals surface area contributed by atoms with Gasteiger partial charge >= 0.3 is 23.9 Å². The fraction of sp³-hybridized carbons (Fsp3) is 0.429. The van der Waals surface area contributed by atoms with Crippen LogP contribution in [0.15, 0.2) is 92.5 Å². The number of aromatic carboxylic acids is 4. The molecule has 5 aliphatic heterocycles. The molecule has 4 aromatic heterocycles. The molecule has 0 radical (unpaired) electrons. The fourth-order valence-electron chi connectivity index (χ4n) is 17.7. The summed E-state index contributed by atoms with van der Waals surface area (Å²) in [6, 6.07) is 10.2. The Morgan fingerprint density at radius 3 is 0.547 bits per heavy atom. The number of carbonyl (C=O) groups is 4. The summed E-state index contributed by atoms with van der Waals surface area (Å²) in [5, 5.41) is 128. The van der Waals surface area contributed by atoms with Crippen molar-refractivity contribution in [1.29, 1.82) is 43.3 Å². The fourth-order valence-corrected chi connectivity index (χ4v) is 17.7. The van der Waals surface area contributed by atoms with Gasteiger partial charge < -0.3 is 97.5 Å². The normalized spacial score (nSPS) is 18.1. The van der Waals surface area contributed by atoms with Gasteiger partial charge in [-0.25, -0.2) is 36.7 Å². The predicted octanol–water partition coefficient (Wildman–Crippen LogP) is 4.28. The van der Waals surface area contributed by atoms with Crippen LogP contribution in [0.5, 0.6) is 0 Å². The van der Waals surface area contributed by atoms with Crippen LogP contribution in [0.3, 0.4) is 0 Å². The van der Waals surface area contributed by atoms with E-state index in [2.05, 4.69) is 21.3 Å². The van der Waals surface area contributed by atoms with Crippen LogP contribution in [-0.4, -0.2) is 307 Å². The van der Waals surface area contributed by atoms with Gasteiger partial charge in [-0.1, -0.05) is 0 Å². The molecule has 0 bridgehead atoms. The Balaban J connectivity index is 0.616. The number of hydrogen-bond donors (Lipinski definition) is 16. The Bertz CT molecular complexity index is 5530. The molecule has 9 fully saturated rings. The highest BCUT2D eigenvalue weighted by molar-refractivity contribution is 6.01. The third-order valence-corrected chi connectivity index (χ3v) is 25.6. The molecule has 4 aliphatic carbocycles. The highest BCUT2D eigenvalue weighted by atomic mass is 19.1. The number of pyridine rings is 4. The first-order valence-corrected chi connectivity index (χ1v) is 42.6. The van der Waals surface area contributed by atoms with E-state index in [1.54, 1.807) is 101 Å². The zero-order valence-corrected chi connectivity index (χ0v) is 69.6. The second-order valence-electron chi connectivity index (χ2n) is 33.7. The Hall–Kier alpha value is -14.5. The van der Waals surface area contributed by atoms with Crippen LogP contribution in [-0.2, 0) is 0 Å². The van der Waals surface area contributed by atoms with Gasteiger partial charge in [0.05, 0.1) is 44.8 Å². The maximum Gasteiger partial charge on any atom is 0.341 e. The Morgan fingerprint density at radius 2 is 0.406 bits per heavy atom. The number of rotatable bonds is 12. The lowest BCUT2D eigenvalue weighted by Crippen LogP contribution is -2.60. The highest BCUT2D eigenvalue weighted by Crippen LogP contribution is 2.43. The number of halogens is 4. The van der Waals surface area contributed by atoms with E-state index in [1.807, 2.05) is 0 Å². The van der Waals surface area contributed by atoms with Crippen molar-refractivity contribution in [1.82, 2.24) is 78.7 Å². The van der Waals surface area contributed by atoms with E-state index in [0.29, 0.717) is 22.1 Å². The topological polar surface area (TPSA) is 515 Å². The summed E-state index contributed by atoms with van der Waals surface area (Å²) < 4.78 is 71.8. The lowest BCUT2D eigenvalue weighted by atomic mass is 10.1. The molecule has 8 aromatic rings. The van der Waals surface area contributed by atoms with Crippen LogP contribution in [0.2, 0.25) is 0 Å². The molecule has 9 heterocycles. The number of carboxylic acid groups (broad SMARTS) is 4. The summed E-state index contributed by atoms with van der Waals surface area (Å²) in [4.78, 5) is 122. The van der Waals surface area contributed by atoms with E-state index in [9.17, 15) is 102 Å². The average Bonchev–Trinajstić information content (AvgIpc) is 1.65. The molecule has 40 nitrogen and oxygen atoms in total. The van der Waals surface area contributed by atoms with E-state index in [1.165, 1.54) is 24.8 Å². The SMILES string of the molecule is N=C(NC(=N)N1CCN(c2cc3c(cc2F)c(=O)c(C(=O)O)cn3C2CC2)CC1)N1CCN(C(=N)NC(=N)N2CCN(c3cc4c(cc3F)c(=O)c(C(=O)O)cn4C3CC3)CC2)CCN(C(=N)NC(=N)N2CCN(c3cc4c(cc3F)c(=O)c(C(=O)O)cn4C3CC3)CC2)CCN(C(=N)NC(=N)N2CCN(c3cc4c(cc3F)c(=O)c(C(=O)O)cn4C3CC3)CC2)CC1. The molecule has 5 saturated heterocycles. The molecule has 0 spiro atoms. The van der Waals surface area contributed by atoms with Crippen molar-refractivity contribution >= 4 is 138 Å². The molecule has 0 amide bonds. The number of piperazine rings is 4. The van der Waals surface area contributed by atoms with E-state index >= 15 is 17.6 Å². The number of carboxylic acids is 4. The third kappa shape index (κ3) is 17.2. The van der Waals surface area contributed by atoms with Crippen LogP contribution in [0, 0.1) is 66.5 Å². The first-order chi connectivity index (χ1) is 61.3. The largest absolute Gasteiger partial charge is 0.477 e. The Kier molecular flexibility index (Phi) is 23.0. The van der Waals surface area contributed by atoms with Gasteiger partial charge in [-0.3, -0.25) is 83.7 Å². The van der Waals surface area contributed by atoms with Gasteiger partial charge in [-0.15, -0.1) is 0 Å². The minimum absolute atomic E-state index is 0.0658. The third-order valence-electron chi connectivity index (χ3n) is 25.6. The zero-order chi connectivity index (χ0) is 90.3. The van der Waals surface area contributed by atoms with Crippen molar-refractivity contribution < 1.29 is 57.2 Å². The predicted molar refractivity (Wildman–Crippen MR) is 469 cm³/mol. The van der Waals surface area contributed by atoms with Gasteiger partial charge in [-0.05, 0) is 99.9 Å². The van der Waals surface area contributed by atoms with E-state index in [-0.39, 0.29) is 273 Å². The summed E-state index contributed by atoms with van der Waals surface area (Å²) in [5.74, 6) is -10.6. The van der Waals surface area contributed by atoms with Crippen molar-refractivity contribution in [3.8, 4) is 0 Å². The first-order valence-electron chi connectivity index (χ1n) is 42.6. The van der Waals surface area contributed by atoms with Crippen LogP contribution >= 0.6 is 0 Å². The van der Waals surface area contributed by atoms with Gasteiger partial charge in [0, 0.05) is 228 Å². The molecular formula is C84H96F4N28O12. The Labute approximate surface area is 725 Å². The second-order valence-corrected chi connectivity index (χ2v) is 33.7. The van der Waals surface area contributed by atoms with Gasteiger partial charge in [0.2, 0.25) is 21.7 Å². The highest BCUT2D eigenvalue weighted by Gasteiger charge is 2.37. The quantitative estimate of drug-likeness (QED) is 0.0461. The number of aromatic nitrogens is 4. The molecule has 16 N–H and O–H groups in total. The molecule has 128 heavy (non-hydrogen) atoms. The maximum absolute atomic E-state index is 16.3.